The van der Waals surface area contributed by atoms with Crippen molar-refractivity contribution >= 4 is 17.5 Å². The molecule has 1 aromatic rings. The molecule has 1 amide bonds. The lowest BCUT2D eigenvalue weighted by atomic mass is 10.0. The molecule has 3 nitrogen and oxygen atoms in total. The first-order valence-electron chi connectivity index (χ1n) is 8.48. The maximum absolute atomic E-state index is 11.9. The molecule has 23 heavy (non-hydrogen) atoms. The molecule has 0 aliphatic heterocycles. The maximum Gasteiger partial charge on any atom is 0.255 e. The first-order valence-corrected chi connectivity index (χ1v) is 8.85. The molecule has 0 spiro atoms. The molecule has 2 N–H and O–H groups in total. The molecule has 0 fully saturated rings. The lowest BCUT2D eigenvalue weighted by Crippen LogP contribution is -2.24. The normalized spacial score (nSPS) is 10.5. The van der Waals surface area contributed by atoms with E-state index in [1.54, 1.807) is 6.07 Å². The van der Waals surface area contributed by atoms with E-state index < -0.39 is 0 Å². The lowest BCUT2D eigenvalue weighted by Gasteiger charge is -2.07. The Morgan fingerprint density at radius 3 is 2.61 bits per heavy atom. The van der Waals surface area contributed by atoms with Gasteiger partial charge in [-0.15, -0.1) is 0 Å². The summed E-state index contributed by atoms with van der Waals surface area (Å²) in [5.74, 6) is -0.319. The van der Waals surface area contributed by atoms with Crippen molar-refractivity contribution < 1.29 is 9.90 Å². The fourth-order valence-corrected chi connectivity index (χ4v) is 2.67. The van der Waals surface area contributed by atoms with Gasteiger partial charge in [0.2, 0.25) is 0 Å². The van der Waals surface area contributed by atoms with Gasteiger partial charge in [0, 0.05) is 11.6 Å². The standard InChI is InChI=1S/C19H28ClNO2/c1-3-9-15(2)10-7-5-4-6-8-13-21-19(23)17-14-16(20)11-12-18(17)22/h11-12,14,22H,2-10,13H2,1H3,(H,21,23). The Hall–Kier alpha value is -1.48. The van der Waals surface area contributed by atoms with Crippen LogP contribution in [-0.2, 0) is 0 Å². The van der Waals surface area contributed by atoms with Crippen LogP contribution in [0, 0.1) is 0 Å². The van der Waals surface area contributed by atoms with E-state index in [9.17, 15) is 9.90 Å². The number of hydrogen-bond acceptors (Lipinski definition) is 2. The smallest absolute Gasteiger partial charge is 0.255 e. The van der Waals surface area contributed by atoms with Gasteiger partial charge in [-0.1, -0.05) is 56.4 Å². The largest absolute Gasteiger partial charge is 0.507 e. The van der Waals surface area contributed by atoms with Gasteiger partial charge in [-0.2, -0.15) is 0 Å². The van der Waals surface area contributed by atoms with Gasteiger partial charge in [0.1, 0.15) is 5.75 Å². The zero-order valence-corrected chi connectivity index (χ0v) is 14.8. The molecule has 1 aromatic carbocycles. The van der Waals surface area contributed by atoms with Crippen molar-refractivity contribution in [3.8, 4) is 5.75 Å². The number of carbonyl (C=O) groups is 1. The summed E-state index contributed by atoms with van der Waals surface area (Å²) in [7, 11) is 0. The third-order valence-electron chi connectivity index (χ3n) is 3.80. The molecule has 0 saturated carbocycles. The number of halogens is 1. The summed E-state index contributed by atoms with van der Waals surface area (Å²) >= 11 is 5.84. The fourth-order valence-electron chi connectivity index (χ4n) is 2.50. The first kappa shape index (κ1) is 19.6. The molecule has 0 unspecified atom stereocenters. The topological polar surface area (TPSA) is 49.3 Å². The number of benzene rings is 1. The van der Waals surface area contributed by atoms with Crippen molar-refractivity contribution in [2.75, 3.05) is 6.54 Å². The van der Waals surface area contributed by atoms with E-state index in [-0.39, 0.29) is 17.2 Å². The summed E-state index contributed by atoms with van der Waals surface area (Å²) in [5.41, 5.74) is 1.59. The summed E-state index contributed by atoms with van der Waals surface area (Å²) < 4.78 is 0. The van der Waals surface area contributed by atoms with Crippen LogP contribution < -0.4 is 5.32 Å². The summed E-state index contributed by atoms with van der Waals surface area (Å²) in [6.45, 7) is 6.88. The van der Waals surface area contributed by atoms with Crippen molar-refractivity contribution in [3.05, 3.63) is 40.9 Å². The molecule has 0 heterocycles. The number of unbranched alkanes of at least 4 members (excludes halogenated alkanes) is 4. The van der Waals surface area contributed by atoms with Gasteiger partial charge in [0.25, 0.3) is 5.91 Å². The van der Waals surface area contributed by atoms with E-state index in [4.69, 9.17) is 11.6 Å². The molecule has 0 bridgehead atoms. The number of carbonyl (C=O) groups excluding carboxylic acids is 1. The van der Waals surface area contributed by atoms with Crippen LogP contribution in [-0.4, -0.2) is 17.6 Å². The van der Waals surface area contributed by atoms with Crippen LogP contribution in [0.5, 0.6) is 5.75 Å². The van der Waals surface area contributed by atoms with E-state index in [1.165, 1.54) is 43.4 Å². The van der Waals surface area contributed by atoms with Crippen LogP contribution in [0.4, 0.5) is 0 Å². The quantitative estimate of drug-likeness (QED) is 0.415. The van der Waals surface area contributed by atoms with Crippen LogP contribution >= 0.6 is 11.6 Å². The maximum atomic E-state index is 11.9. The number of amides is 1. The van der Waals surface area contributed by atoms with Crippen LogP contribution in [0.25, 0.3) is 0 Å². The van der Waals surface area contributed by atoms with E-state index in [2.05, 4.69) is 18.8 Å². The van der Waals surface area contributed by atoms with Gasteiger partial charge in [0.05, 0.1) is 5.56 Å². The second-order valence-corrected chi connectivity index (χ2v) is 6.37. The zero-order chi connectivity index (χ0) is 17.1. The molecule has 0 radical (unpaired) electrons. The predicted molar refractivity (Wildman–Crippen MR) is 97.2 cm³/mol. The highest BCUT2D eigenvalue weighted by Crippen LogP contribution is 2.21. The molecule has 0 atom stereocenters. The Morgan fingerprint density at radius 2 is 1.87 bits per heavy atom. The van der Waals surface area contributed by atoms with Gasteiger partial charge < -0.3 is 10.4 Å². The molecule has 0 aromatic heterocycles. The first-order chi connectivity index (χ1) is 11.0. The van der Waals surface area contributed by atoms with Crippen LogP contribution in [0.3, 0.4) is 0 Å². The highest BCUT2D eigenvalue weighted by molar-refractivity contribution is 6.31. The molecule has 128 valence electrons. The second-order valence-electron chi connectivity index (χ2n) is 5.94. The number of phenols is 1. The molecule has 1 rings (SSSR count). The van der Waals surface area contributed by atoms with Crippen molar-refractivity contribution in [3.63, 3.8) is 0 Å². The number of rotatable bonds is 11. The van der Waals surface area contributed by atoms with Gasteiger partial charge in [-0.05, 0) is 43.9 Å². The minimum atomic E-state index is -0.277. The summed E-state index contributed by atoms with van der Waals surface area (Å²) in [6, 6.07) is 4.47. The second kappa shape index (κ2) is 11.1. The third-order valence-corrected chi connectivity index (χ3v) is 4.03. The van der Waals surface area contributed by atoms with E-state index in [0.717, 1.165) is 25.7 Å². The van der Waals surface area contributed by atoms with E-state index in [1.807, 2.05) is 0 Å². The minimum Gasteiger partial charge on any atom is -0.507 e. The number of nitrogens with one attached hydrogen (secondary N) is 1. The number of phenolic OH excluding ortho intramolecular Hbond substituents is 1. The van der Waals surface area contributed by atoms with Gasteiger partial charge in [0.15, 0.2) is 0 Å². The third kappa shape index (κ3) is 8.08. The zero-order valence-electron chi connectivity index (χ0n) is 14.0. The summed E-state index contributed by atoms with van der Waals surface area (Å²) in [5, 5.41) is 12.9. The van der Waals surface area contributed by atoms with Gasteiger partial charge in [-0.25, -0.2) is 0 Å². The molecular formula is C19H28ClNO2. The highest BCUT2D eigenvalue weighted by atomic mass is 35.5. The van der Waals surface area contributed by atoms with Crippen LogP contribution in [0.2, 0.25) is 5.02 Å². The molecule has 0 saturated heterocycles. The number of aromatic hydroxyl groups is 1. The fraction of sp³-hybridized carbons (Fsp3) is 0.526. The summed E-state index contributed by atoms with van der Waals surface area (Å²) in [4.78, 5) is 11.9. The van der Waals surface area contributed by atoms with Crippen LogP contribution in [0.15, 0.2) is 30.4 Å². The Bertz CT molecular complexity index is 514. The van der Waals surface area contributed by atoms with Crippen molar-refractivity contribution in [2.45, 2.75) is 58.3 Å². The van der Waals surface area contributed by atoms with E-state index in [0.29, 0.717) is 11.6 Å². The number of hydrogen-bond donors (Lipinski definition) is 2. The van der Waals surface area contributed by atoms with Gasteiger partial charge in [-0.3, -0.25) is 4.79 Å². The van der Waals surface area contributed by atoms with Crippen molar-refractivity contribution in [1.82, 2.24) is 5.32 Å². The van der Waals surface area contributed by atoms with Crippen molar-refractivity contribution in [2.24, 2.45) is 0 Å². The monoisotopic (exact) mass is 337 g/mol. The molecule has 0 aliphatic rings. The van der Waals surface area contributed by atoms with Crippen molar-refractivity contribution in [1.29, 1.82) is 0 Å². The Balaban J connectivity index is 2.10. The molecule has 0 aliphatic carbocycles. The Morgan fingerprint density at radius 1 is 1.17 bits per heavy atom. The van der Waals surface area contributed by atoms with Crippen LogP contribution in [0.1, 0.15) is 68.6 Å². The molecule has 4 heteroatoms. The lowest BCUT2D eigenvalue weighted by molar-refractivity contribution is 0.0950. The number of allylic oxidation sites excluding steroid dienone is 1. The van der Waals surface area contributed by atoms with Gasteiger partial charge >= 0.3 is 0 Å². The average Bonchev–Trinajstić information content (AvgIpc) is 2.52. The molecular weight excluding hydrogens is 310 g/mol. The Kier molecular flexibility index (Phi) is 9.46. The Labute approximate surface area is 144 Å². The highest BCUT2D eigenvalue weighted by Gasteiger charge is 2.10. The van der Waals surface area contributed by atoms with E-state index >= 15 is 0 Å². The SMILES string of the molecule is C=C(CCC)CCCCCCCNC(=O)c1cc(Cl)ccc1O. The summed E-state index contributed by atoms with van der Waals surface area (Å²) in [6.07, 6.45) is 9.11. The minimum absolute atomic E-state index is 0.0424. The average molecular weight is 338 g/mol. The predicted octanol–water partition coefficient (Wildman–Crippen LogP) is 5.47.